The molecule has 0 aliphatic rings. The first kappa shape index (κ1) is 65.9. The van der Waals surface area contributed by atoms with Crippen LogP contribution in [0.2, 0.25) is 0 Å². The number of fused-ring (bicyclic) bond motifs is 3. The maximum atomic E-state index is 10.0. The Morgan fingerprint density at radius 1 is 0.329 bits per heavy atom. The van der Waals surface area contributed by atoms with Gasteiger partial charge in [0.05, 0.1) is 52.9 Å². The Labute approximate surface area is 452 Å². The molecule has 8 aromatic rings. The van der Waals surface area contributed by atoms with E-state index in [4.69, 9.17) is 38.3 Å². The molecule has 12 nitrogen and oxygen atoms in total. The van der Waals surface area contributed by atoms with Crippen molar-refractivity contribution < 1.29 is 57.6 Å². The summed E-state index contributed by atoms with van der Waals surface area (Å²) in [4.78, 5) is 0. The summed E-state index contributed by atoms with van der Waals surface area (Å²) in [6.07, 6.45) is -0.242. The summed E-state index contributed by atoms with van der Waals surface area (Å²) in [5.41, 5.74) is 5.50. The molecule has 0 fully saturated rings. The Bertz CT molecular complexity index is 2310. The van der Waals surface area contributed by atoms with Crippen LogP contribution < -0.4 is 9.47 Å². The highest BCUT2D eigenvalue weighted by Crippen LogP contribution is 2.36. The fourth-order valence-corrected chi connectivity index (χ4v) is 7.47. The van der Waals surface area contributed by atoms with Gasteiger partial charge < -0.3 is 57.6 Å². The van der Waals surface area contributed by atoms with Gasteiger partial charge >= 0.3 is 0 Å². The van der Waals surface area contributed by atoms with Gasteiger partial charge in [-0.2, -0.15) is 0 Å². The lowest BCUT2D eigenvalue weighted by atomic mass is 9.95. The monoisotopic (exact) mass is 1040 g/mol. The lowest BCUT2D eigenvalue weighted by Crippen LogP contribution is -2.23. The number of benzene rings is 8. The Morgan fingerprint density at radius 2 is 0.566 bits per heavy atom. The van der Waals surface area contributed by atoms with E-state index < -0.39 is 6.10 Å². The molecule has 0 heterocycles. The van der Waals surface area contributed by atoms with Crippen molar-refractivity contribution in [3.8, 4) is 22.6 Å². The normalized spacial score (nSPS) is 11.0. The third kappa shape index (κ3) is 24.6. The van der Waals surface area contributed by atoms with Crippen LogP contribution in [-0.2, 0) is 64.3 Å². The predicted molar refractivity (Wildman–Crippen MR) is 311 cm³/mol. The second-order valence-electron chi connectivity index (χ2n) is 17.0. The van der Waals surface area contributed by atoms with Crippen molar-refractivity contribution in [3.05, 3.63) is 192 Å². The van der Waals surface area contributed by atoms with Gasteiger partial charge in [-0.05, 0) is 74.1 Å². The smallest absolute Gasteiger partial charge is 0.130 e. The zero-order chi connectivity index (χ0) is 55.8. The minimum atomic E-state index is -0.741. The van der Waals surface area contributed by atoms with Gasteiger partial charge in [-0.1, -0.05) is 153 Å². The lowest BCUT2D eigenvalue weighted by Gasteiger charge is -2.20. The van der Waals surface area contributed by atoms with Gasteiger partial charge in [-0.25, -0.2) is 0 Å². The van der Waals surface area contributed by atoms with Gasteiger partial charge in [0.2, 0.25) is 0 Å². The minimum Gasteiger partial charge on any atom is -0.496 e. The molecular weight excluding hydrogens is 961 g/mol. The van der Waals surface area contributed by atoms with Crippen LogP contribution >= 0.6 is 0 Å². The number of hydrogen-bond acceptors (Lipinski definition) is 12. The number of rotatable bonds is 18. The number of aliphatic hydroxyl groups excluding tert-OH is 2. The van der Waals surface area contributed by atoms with E-state index in [-0.39, 0.29) is 19.3 Å². The number of aliphatic hydroxyl groups is 2. The lowest BCUT2D eigenvalue weighted by molar-refractivity contribution is 0.0311. The quantitative estimate of drug-likeness (QED) is 0.0848. The molecular formula is C64H84O12. The van der Waals surface area contributed by atoms with Gasteiger partial charge in [0, 0.05) is 93.4 Å². The van der Waals surface area contributed by atoms with Crippen molar-refractivity contribution >= 4 is 32.3 Å². The Balaban J connectivity index is 0.000000368. The molecule has 0 spiro atoms. The second kappa shape index (κ2) is 41.0. The molecule has 2 N–H and O–H groups in total. The number of ether oxygens (including phenoxy) is 10. The van der Waals surface area contributed by atoms with Crippen molar-refractivity contribution in [3.63, 3.8) is 0 Å². The summed E-state index contributed by atoms with van der Waals surface area (Å²) in [5, 5.41) is 26.6. The molecule has 2 atom stereocenters. The molecule has 0 amide bonds. The first-order valence-corrected chi connectivity index (χ1v) is 25.0. The molecule has 2 unspecified atom stereocenters. The molecule has 76 heavy (non-hydrogen) atoms. The van der Waals surface area contributed by atoms with E-state index >= 15 is 0 Å². The molecule has 0 aliphatic heterocycles. The van der Waals surface area contributed by atoms with E-state index in [1.165, 1.54) is 39.4 Å². The SMILES string of the molecule is CCC(O)COC.COC.COC.COCc1cc(-c2cc(COC)c(OCC(O)COC)c(COC)c2)cc(COC)c1OC.c1ccc2ccccc2c1.c1ccc2ccccc2c1.c1ccc2ccccc2c1. The summed E-state index contributed by atoms with van der Waals surface area (Å²) >= 11 is 0. The van der Waals surface area contributed by atoms with Gasteiger partial charge in [0.15, 0.2) is 0 Å². The summed E-state index contributed by atoms with van der Waals surface area (Å²) in [5.74, 6) is 1.39. The van der Waals surface area contributed by atoms with E-state index in [2.05, 4.69) is 160 Å². The highest BCUT2D eigenvalue weighted by Gasteiger charge is 2.18. The average molecular weight is 1050 g/mol. The van der Waals surface area contributed by atoms with Crippen LogP contribution in [0.15, 0.2) is 170 Å². The summed E-state index contributed by atoms with van der Waals surface area (Å²) in [6.45, 7) is 4.15. The molecule has 8 aromatic carbocycles. The Morgan fingerprint density at radius 3 is 0.763 bits per heavy atom. The largest absolute Gasteiger partial charge is 0.496 e. The van der Waals surface area contributed by atoms with Crippen LogP contribution in [0.5, 0.6) is 11.5 Å². The summed E-state index contributed by atoms with van der Waals surface area (Å²) < 4.78 is 51.4. The van der Waals surface area contributed by atoms with E-state index in [1.807, 2.05) is 31.2 Å². The molecule has 0 aromatic heterocycles. The predicted octanol–water partition coefficient (Wildman–Crippen LogP) is 12.8. The number of hydrogen-bond donors (Lipinski definition) is 2. The van der Waals surface area contributed by atoms with Crippen molar-refractivity contribution in [2.24, 2.45) is 0 Å². The molecule has 0 bridgehead atoms. The topological polar surface area (TPSA) is 133 Å². The van der Waals surface area contributed by atoms with E-state index in [9.17, 15) is 5.11 Å². The van der Waals surface area contributed by atoms with Crippen LogP contribution in [0.4, 0.5) is 0 Å². The van der Waals surface area contributed by atoms with Gasteiger partial charge in [-0.3, -0.25) is 0 Å². The maximum absolute atomic E-state index is 10.0. The fourth-order valence-electron chi connectivity index (χ4n) is 7.47. The summed E-state index contributed by atoms with van der Waals surface area (Å²) in [7, 11) is 17.8. The van der Waals surface area contributed by atoms with Crippen LogP contribution in [-0.4, -0.2) is 120 Å². The standard InChI is InChI=1S/C25H36O8.3C10H8.C5H12O2.2C2H6O/c1-27-11-19-7-17(8-20(12-28-2)24(19)32-6)18-9-21(13-29-3)25(22(10-18)14-30-4)33-16-23(26)15-31-5;3*1-2-6-10-8-4-3-7-9(10)5-1;1-3-5(6)4-7-2;2*1-3-2/h7-10,23,26H,11-16H2,1-6H3;3*1-8H;5-6H,3-4H2,1-2H3;2*1-2H3. The zero-order valence-corrected chi connectivity index (χ0v) is 47.0. The molecule has 8 rings (SSSR count). The molecule has 0 aliphatic carbocycles. The third-order valence-electron chi connectivity index (χ3n) is 10.8. The van der Waals surface area contributed by atoms with Crippen molar-refractivity contribution in [2.45, 2.75) is 52.0 Å². The van der Waals surface area contributed by atoms with Crippen LogP contribution in [0.3, 0.4) is 0 Å². The fraction of sp³-hybridized carbons (Fsp3) is 0.344. The third-order valence-corrected chi connectivity index (χ3v) is 10.8. The van der Waals surface area contributed by atoms with Gasteiger partial charge in [0.1, 0.15) is 24.2 Å². The van der Waals surface area contributed by atoms with Crippen LogP contribution in [0, 0.1) is 0 Å². The second-order valence-corrected chi connectivity index (χ2v) is 17.0. The highest BCUT2D eigenvalue weighted by molar-refractivity contribution is 5.83. The molecule has 12 heteroatoms. The van der Waals surface area contributed by atoms with Crippen LogP contribution in [0.1, 0.15) is 35.6 Å². The molecule has 412 valence electrons. The van der Waals surface area contributed by atoms with Crippen molar-refractivity contribution in [2.75, 3.05) is 98.0 Å². The van der Waals surface area contributed by atoms with E-state index in [0.29, 0.717) is 38.8 Å². The Kier molecular flexibility index (Phi) is 35.5. The summed E-state index contributed by atoms with van der Waals surface area (Å²) in [6, 6.07) is 58.3. The van der Waals surface area contributed by atoms with Crippen molar-refractivity contribution in [1.29, 1.82) is 0 Å². The molecule has 0 radical (unpaired) electrons. The number of methoxy groups -OCH3 is 9. The minimum absolute atomic E-state index is 0.0964. The van der Waals surface area contributed by atoms with Gasteiger partial charge in [0.25, 0.3) is 0 Å². The average Bonchev–Trinajstić information content (AvgIpc) is 3.44. The Hall–Kier alpha value is -6.26. The van der Waals surface area contributed by atoms with E-state index in [1.54, 1.807) is 71.1 Å². The maximum Gasteiger partial charge on any atom is 0.130 e. The molecule has 0 saturated carbocycles. The van der Waals surface area contributed by atoms with E-state index in [0.717, 1.165) is 45.6 Å². The molecule has 0 saturated heterocycles. The first-order chi connectivity index (χ1) is 37.1. The van der Waals surface area contributed by atoms with Gasteiger partial charge in [-0.15, -0.1) is 0 Å². The highest BCUT2D eigenvalue weighted by atomic mass is 16.5. The zero-order valence-electron chi connectivity index (χ0n) is 47.0. The van der Waals surface area contributed by atoms with Crippen LogP contribution in [0.25, 0.3) is 43.4 Å². The van der Waals surface area contributed by atoms with Crippen molar-refractivity contribution in [1.82, 2.24) is 0 Å². The first-order valence-electron chi connectivity index (χ1n) is 25.0.